The standard InChI is InChI=1S/C21H15F3O4S/c22-21(23,24)28-19-8-6-17(7-9-19)27-18-10-12-20(13-11-18)29(25,26)15-14-16-4-2-1-3-5-16/h1-15H/b15-14+. The van der Waals surface area contributed by atoms with Crippen LogP contribution < -0.4 is 9.47 Å². The Morgan fingerprint density at radius 3 is 1.79 bits per heavy atom. The molecule has 8 heteroatoms. The molecule has 3 rings (SSSR count). The summed E-state index contributed by atoms with van der Waals surface area (Å²) in [4.78, 5) is 0.0888. The lowest BCUT2D eigenvalue weighted by Crippen LogP contribution is -2.16. The molecule has 0 aromatic heterocycles. The Kier molecular flexibility index (Phi) is 5.93. The van der Waals surface area contributed by atoms with Crippen LogP contribution in [0.5, 0.6) is 17.2 Å². The quantitative estimate of drug-likeness (QED) is 0.504. The van der Waals surface area contributed by atoms with Crippen LogP contribution in [0.25, 0.3) is 6.08 Å². The van der Waals surface area contributed by atoms with Crippen LogP contribution in [0.4, 0.5) is 13.2 Å². The van der Waals surface area contributed by atoms with E-state index in [2.05, 4.69) is 4.74 Å². The molecular formula is C21H15F3O4S. The minimum atomic E-state index is -4.77. The van der Waals surface area contributed by atoms with Gasteiger partial charge >= 0.3 is 6.36 Å². The van der Waals surface area contributed by atoms with Crippen LogP contribution >= 0.6 is 0 Å². The van der Waals surface area contributed by atoms with Gasteiger partial charge in [-0.05, 0) is 60.2 Å². The first-order valence-electron chi connectivity index (χ1n) is 8.33. The lowest BCUT2D eigenvalue weighted by atomic mass is 10.2. The van der Waals surface area contributed by atoms with Gasteiger partial charge in [-0.1, -0.05) is 30.3 Å². The fourth-order valence-electron chi connectivity index (χ4n) is 2.35. The lowest BCUT2D eigenvalue weighted by Gasteiger charge is -2.10. The van der Waals surface area contributed by atoms with Crippen LogP contribution in [0, 0.1) is 0 Å². The number of rotatable bonds is 6. The molecule has 0 radical (unpaired) electrons. The van der Waals surface area contributed by atoms with Crippen LogP contribution in [0.2, 0.25) is 0 Å². The second-order valence-corrected chi connectivity index (χ2v) is 7.68. The summed E-state index contributed by atoms with van der Waals surface area (Å²) < 4.78 is 70.6. The average Bonchev–Trinajstić information content (AvgIpc) is 2.68. The van der Waals surface area contributed by atoms with Crippen LogP contribution in [0.3, 0.4) is 0 Å². The van der Waals surface area contributed by atoms with Crippen LogP contribution in [-0.2, 0) is 9.84 Å². The van der Waals surface area contributed by atoms with E-state index in [0.717, 1.165) is 23.1 Å². The number of hydrogen-bond acceptors (Lipinski definition) is 4. The highest BCUT2D eigenvalue weighted by Crippen LogP contribution is 2.28. The molecule has 29 heavy (non-hydrogen) atoms. The third kappa shape index (κ3) is 6.11. The predicted molar refractivity (Wildman–Crippen MR) is 102 cm³/mol. The number of benzene rings is 3. The molecule has 0 unspecified atom stereocenters. The van der Waals surface area contributed by atoms with E-state index < -0.39 is 16.2 Å². The predicted octanol–water partition coefficient (Wildman–Crippen LogP) is 5.82. The van der Waals surface area contributed by atoms with Crippen molar-refractivity contribution < 1.29 is 31.1 Å². The number of alkyl halides is 3. The number of ether oxygens (including phenoxy) is 2. The van der Waals surface area contributed by atoms with Crippen LogP contribution in [-0.4, -0.2) is 14.8 Å². The molecule has 0 spiro atoms. The van der Waals surface area contributed by atoms with E-state index in [1.807, 2.05) is 6.07 Å². The summed E-state index contributed by atoms with van der Waals surface area (Å²) in [5.74, 6) is 0.246. The van der Waals surface area contributed by atoms with Gasteiger partial charge in [0.25, 0.3) is 0 Å². The highest BCUT2D eigenvalue weighted by atomic mass is 32.2. The topological polar surface area (TPSA) is 52.6 Å². The molecule has 0 atom stereocenters. The van der Waals surface area contributed by atoms with E-state index in [1.54, 1.807) is 24.3 Å². The molecule has 3 aromatic carbocycles. The van der Waals surface area contributed by atoms with E-state index in [0.29, 0.717) is 5.75 Å². The highest BCUT2D eigenvalue weighted by Gasteiger charge is 2.30. The maximum absolute atomic E-state index is 12.4. The molecular weight excluding hydrogens is 405 g/mol. The SMILES string of the molecule is O=S(=O)(/C=C/c1ccccc1)c1ccc(Oc2ccc(OC(F)(F)F)cc2)cc1. The Morgan fingerprint density at radius 2 is 1.24 bits per heavy atom. The molecule has 0 saturated carbocycles. The number of halogens is 3. The van der Waals surface area contributed by atoms with Crippen molar-refractivity contribution in [2.75, 3.05) is 0 Å². The zero-order valence-electron chi connectivity index (χ0n) is 14.8. The first-order chi connectivity index (χ1) is 13.7. The summed E-state index contributed by atoms with van der Waals surface area (Å²) in [5.41, 5.74) is 0.758. The number of hydrogen-bond donors (Lipinski definition) is 0. The minimum absolute atomic E-state index is 0.0888. The van der Waals surface area contributed by atoms with Gasteiger partial charge in [-0.25, -0.2) is 8.42 Å². The molecule has 0 fully saturated rings. The van der Waals surface area contributed by atoms with Crippen molar-refractivity contribution in [3.8, 4) is 17.2 Å². The molecule has 0 aliphatic carbocycles. The van der Waals surface area contributed by atoms with Gasteiger partial charge in [-0.3, -0.25) is 0 Å². The van der Waals surface area contributed by atoms with Crippen molar-refractivity contribution in [3.63, 3.8) is 0 Å². The summed E-state index contributed by atoms with van der Waals surface area (Å²) in [5, 5.41) is 1.12. The van der Waals surface area contributed by atoms with E-state index in [4.69, 9.17) is 4.74 Å². The zero-order chi connectivity index (χ0) is 20.9. The Hall–Kier alpha value is -3.26. The van der Waals surface area contributed by atoms with Crippen molar-refractivity contribution >= 4 is 15.9 Å². The largest absolute Gasteiger partial charge is 0.573 e. The molecule has 0 aliphatic heterocycles. The van der Waals surface area contributed by atoms with Gasteiger partial charge in [-0.15, -0.1) is 13.2 Å². The number of sulfone groups is 1. The van der Waals surface area contributed by atoms with Crippen molar-refractivity contribution in [2.24, 2.45) is 0 Å². The van der Waals surface area contributed by atoms with Crippen molar-refractivity contribution in [3.05, 3.63) is 89.8 Å². The second kappa shape index (κ2) is 8.40. The summed E-state index contributed by atoms with van der Waals surface area (Å²) >= 11 is 0. The van der Waals surface area contributed by atoms with Gasteiger partial charge in [0.1, 0.15) is 17.2 Å². The van der Waals surface area contributed by atoms with Crippen LogP contribution in [0.1, 0.15) is 5.56 Å². The minimum Gasteiger partial charge on any atom is -0.457 e. The summed E-state index contributed by atoms with van der Waals surface area (Å²) in [6, 6.07) is 19.6. The molecule has 150 valence electrons. The van der Waals surface area contributed by atoms with E-state index in [-0.39, 0.29) is 16.4 Å². The van der Waals surface area contributed by atoms with Crippen molar-refractivity contribution in [2.45, 2.75) is 11.3 Å². The summed E-state index contributed by atoms with van der Waals surface area (Å²) in [6.45, 7) is 0. The monoisotopic (exact) mass is 420 g/mol. The molecule has 0 heterocycles. The maximum atomic E-state index is 12.4. The molecule has 4 nitrogen and oxygen atoms in total. The first kappa shape index (κ1) is 20.5. The van der Waals surface area contributed by atoms with E-state index >= 15 is 0 Å². The Morgan fingerprint density at radius 1 is 0.724 bits per heavy atom. The Balaban J connectivity index is 1.67. The first-order valence-corrected chi connectivity index (χ1v) is 9.88. The van der Waals surface area contributed by atoms with E-state index in [1.165, 1.54) is 42.5 Å². The Bertz CT molecular complexity index is 1070. The zero-order valence-corrected chi connectivity index (χ0v) is 15.7. The molecule has 0 saturated heterocycles. The Labute approximate surface area is 165 Å². The fourth-order valence-corrected chi connectivity index (χ4v) is 3.36. The third-order valence-electron chi connectivity index (χ3n) is 3.68. The molecule has 0 bridgehead atoms. The summed E-state index contributed by atoms with van der Waals surface area (Å²) in [6.07, 6.45) is -3.26. The lowest BCUT2D eigenvalue weighted by molar-refractivity contribution is -0.274. The maximum Gasteiger partial charge on any atom is 0.573 e. The molecule has 0 N–H and O–H groups in total. The molecule has 0 aliphatic rings. The van der Waals surface area contributed by atoms with Crippen molar-refractivity contribution in [1.29, 1.82) is 0 Å². The van der Waals surface area contributed by atoms with Crippen molar-refractivity contribution in [1.82, 2.24) is 0 Å². The van der Waals surface area contributed by atoms with E-state index in [9.17, 15) is 21.6 Å². The third-order valence-corrected chi connectivity index (χ3v) is 5.11. The smallest absolute Gasteiger partial charge is 0.457 e. The summed E-state index contributed by atoms with van der Waals surface area (Å²) in [7, 11) is -3.63. The highest BCUT2D eigenvalue weighted by molar-refractivity contribution is 7.94. The van der Waals surface area contributed by atoms with Gasteiger partial charge in [0.2, 0.25) is 0 Å². The molecule has 0 amide bonds. The normalized spacial score (nSPS) is 12.1. The van der Waals surface area contributed by atoms with Gasteiger partial charge in [0.15, 0.2) is 9.84 Å². The van der Waals surface area contributed by atoms with Gasteiger partial charge in [0.05, 0.1) is 4.90 Å². The van der Waals surface area contributed by atoms with Crippen LogP contribution in [0.15, 0.2) is 89.2 Å². The fraction of sp³-hybridized carbons (Fsp3) is 0.0476. The van der Waals surface area contributed by atoms with Gasteiger partial charge < -0.3 is 9.47 Å². The second-order valence-electron chi connectivity index (χ2n) is 5.85. The van der Waals surface area contributed by atoms with Gasteiger partial charge in [-0.2, -0.15) is 0 Å². The van der Waals surface area contributed by atoms with Gasteiger partial charge in [0, 0.05) is 5.41 Å². The molecule has 3 aromatic rings. The average molecular weight is 420 g/mol.